The molecule has 0 aliphatic rings. The molecule has 0 aliphatic heterocycles. The van der Waals surface area contributed by atoms with Crippen molar-refractivity contribution in [3.63, 3.8) is 0 Å². The molecule has 0 radical (unpaired) electrons. The minimum Gasteiger partial charge on any atom is -0.378 e. The minimum absolute atomic E-state index is 0.636. The number of aliphatic hydroxyl groups excluding tert-OH is 1. The number of hydrogen-bond donors (Lipinski definition) is 2. The van der Waals surface area contributed by atoms with Gasteiger partial charge in [-0.25, -0.2) is 0 Å². The molecule has 4 heteroatoms. The highest BCUT2D eigenvalue weighted by Crippen LogP contribution is 2.00. The fourth-order valence-electron chi connectivity index (χ4n) is 0.583. The smallest absolute Gasteiger partial charge is 0.111 e. The molecular formula is C7H18N2OS. The standard InChI is InChI=1S/C7H18N2OS/c1-3-9(2)4-5-11-6-7(8)10/h7,10H,3-6,8H2,1-2H3. The molecule has 68 valence electrons. The Kier molecular flexibility index (Phi) is 7.06. The Balaban J connectivity index is 3.01. The van der Waals surface area contributed by atoms with Crippen molar-refractivity contribution in [3.8, 4) is 0 Å². The summed E-state index contributed by atoms with van der Waals surface area (Å²) >= 11 is 1.69. The van der Waals surface area contributed by atoms with E-state index in [1.165, 1.54) is 0 Å². The monoisotopic (exact) mass is 178 g/mol. The van der Waals surface area contributed by atoms with Gasteiger partial charge in [-0.15, -0.1) is 0 Å². The van der Waals surface area contributed by atoms with Gasteiger partial charge in [-0.3, -0.25) is 0 Å². The van der Waals surface area contributed by atoms with Crippen LogP contribution in [-0.4, -0.2) is 47.9 Å². The van der Waals surface area contributed by atoms with E-state index >= 15 is 0 Å². The molecule has 0 fully saturated rings. The quantitative estimate of drug-likeness (QED) is 0.442. The summed E-state index contributed by atoms with van der Waals surface area (Å²) < 4.78 is 0. The zero-order chi connectivity index (χ0) is 8.69. The van der Waals surface area contributed by atoms with Crippen LogP contribution in [0.4, 0.5) is 0 Å². The van der Waals surface area contributed by atoms with Gasteiger partial charge >= 0.3 is 0 Å². The van der Waals surface area contributed by atoms with Gasteiger partial charge in [0.2, 0.25) is 0 Å². The molecule has 0 spiro atoms. The Labute approximate surface area is 72.9 Å². The topological polar surface area (TPSA) is 49.5 Å². The molecule has 0 aromatic rings. The van der Waals surface area contributed by atoms with Gasteiger partial charge in [0, 0.05) is 18.1 Å². The molecule has 0 saturated heterocycles. The van der Waals surface area contributed by atoms with E-state index in [1.54, 1.807) is 11.8 Å². The summed E-state index contributed by atoms with van der Waals surface area (Å²) in [5.74, 6) is 1.68. The lowest BCUT2D eigenvalue weighted by molar-refractivity contribution is 0.208. The maximum absolute atomic E-state index is 8.72. The Morgan fingerprint density at radius 2 is 2.27 bits per heavy atom. The molecule has 0 heterocycles. The van der Waals surface area contributed by atoms with E-state index in [2.05, 4.69) is 18.9 Å². The third kappa shape index (κ3) is 8.13. The molecule has 3 N–H and O–H groups in total. The first kappa shape index (κ1) is 11.2. The summed E-state index contributed by atoms with van der Waals surface area (Å²) in [6.07, 6.45) is -0.660. The highest BCUT2D eigenvalue weighted by Gasteiger charge is 1.97. The van der Waals surface area contributed by atoms with Gasteiger partial charge in [0.05, 0.1) is 0 Å². The second-order valence-corrected chi connectivity index (χ2v) is 3.69. The van der Waals surface area contributed by atoms with Gasteiger partial charge in [0.1, 0.15) is 6.23 Å². The fourth-order valence-corrected chi connectivity index (χ4v) is 1.43. The van der Waals surface area contributed by atoms with Crippen LogP contribution in [0.25, 0.3) is 0 Å². The molecule has 0 amide bonds. The van der Waals surface area contributed by atoms with Crippen LogP contribution in [0.15, 0.2) is 0 Å². The number of rotatable bonds is 6. The minimum atomic E-state index is -0.660. The van der Waals surface area contributed by atoms with E-state index in [0.717, 1.165) is 18.8 Å². The average molecular weight is 178 g/mol. The molecule has 0 rings (SSSR count). The molecule has 3 nitrogen and oxygen atoms in total. The van der Waals surface area contributed by atoms with Crippen molar-refractivity contribution in [2.24, 2.45) is 5.73 Å². The van der Waals surface area contributed by atoms with E-state index < -0.39 is 6.23 Å². The van der Waals surface area contributed by atoms with Crippen LogP contribution in [0, 0.1) is 0 Å². The van der Waals surface area contributed by atoms with Gasteiger partial charge in [0.15, 0.2) is 0 Å². The van der Waals surface area contributed by atoms with Crippen LogP contribution >= 0.6 is 11.8 Å². The second-order valence-electron chi connectivity index (χ2n) is 2.54. The zero-order valence-electron chi connectivity index (χ0n) is 7.29. The molecule has 0 aliphatic carbocycles. The molecule has 0 saturated carbocycles. The highest BCUT2D eigenvalue weighted by molar-refractivity contribution is 7.99. The van der Waals surface area contributed by atoms with E-state index in [-0.39, 0.29) is 0 Å². The molecule has 0 bridgehead atoms. The van der Waals surface area contributed by atoms with Gasteiger partial charge < -0.3 is 15.7 Å². The fraction of sp³-hybridized carbons (Fsp3) is 1.00. The zero-order valence-corrected chi connectivity index (χ0v) is 8.10. The summed E-state index contributed by atoms with van der Waals surface area (Å²) in [4.78, 5) is 2.23. The summed E-state index contributed by atoms with van der Waals surface area (Å²) in [5.41, 5.74) is 5.16. The van der Waals surface area contributed by atoms with Crippen molar-refractivity contribution < 1.29 is 5.11 Å². The Hall–Kier alpha value is 0.230. The van der Waals surface area contributed by atoms with Crippen LogP contribution < -0.4 is 5.73 Å². The van der Waals surface area contributed by atoms with Crippen molar-refractivity contribution in [1.29, 1.82) is 0 Å². The van der Waals surface area contributed by atoms with E-state index in [1.807, 2.05) is 0 Å². The number of thioether (sulfide) groups is 1. The Morgan fingerprint density at radius 3 is 2.73 bits per heavy atom. The highest BCUT2D eigenvalue weighted by atomic mass is 32.2. The molecule has 0 aromatic heterocycles. The lowest BCUT2D eigenvalue weighted by Crippen LogP contribution is -2.24. The molecule has 0 aromatic carbocycles. The lowest BCUT2D eigenvalue weighted by Gasteiger charge is -2.13. The van der Waals surface area contributed by atoms with Gasteiger partial charge in [-0.2, -0.15) is 11.8 Å². The van der Waals surface area contributed by atoms with Gasteiger partial charge in [-0.05, 0) is 13.6 Å². The molecule has 11 heavy (non-hydrogen) atoms. The van der Waals surface area contributed by atoms with Crippen LogP contribution in [0.2, 0.25) is 0 Å². The number of nitrogens with two attached hydrogens (primary N) is 1. The summed E-state index contributed by atoms with van der Waals surface area (Å²) in [5, 5.41) is 8.72. The molecule has 1 unspecified atom stereocenters. The van der Waals surface area contributed by atoms with Crippen LogP contribution in [0.3, 0.4) is 0 Å². The van der Waals surface area contributed by atoms with Crippen LogP contribution in [0.5, 0.6) is 0 Å². The predicted molar refractivity (Wildman–Crippen MR) is 50.7 cm³/mol. The van der Waals surface area contributed by atoms with Crippen molar-refractivity contribution in [1.82, 2.24) is 4.90 Å². The van der Waals surface area contributed by atoms with Crippen molar-refractivity contribution in [3.05, 3.63) is 0 Å². The van der Waals surface area contributed by atoms with Crippen molar-refractivity contribution in [2.45, 2.75) is 13.2 Å². The van der Waals surface area contributed by atoms with Crippen molar-refractivity contribution in [2.75, 3.05) is 31.6 Å². The lowest BCUT2D eigenvalue weighted by atomic mass is 10.6. The summed E-state index contributed by atoms with van der Waals surface area (Å²) in [7, 11) is 2.08. The first-order chi connectivity index (χ1) is 5.16. The first-order valence-electron chi connectivity index (χ1n) is 3.86. The van der Waals surface area contributed by atoms with E-state index in [4.69, 9.17) is 10.8 Å². The van der Waals surface area contributed by atoms with Crippen molar-refractivity contribution >= 4 is 11.8 Å². The van der Waals surface area contributed by atoms with Gasteiger partial charge in [-0.1, -0.05) is 6.92 Å². The number of hydrogen-bond acceptors (Lipinski definition) is 4. The third-order valence-electron chi connectivity index (χ3n) is 1.45. The number of aliphatic hydroxyl groups is 1. The maximum Gasteiger partial charge on any atom is 0.111 e. The molecule has 1 atom stereocenters. The average Bonchev–Trinajstić information content (AvgIpc) is 1.97. The predicted octanol–water partition coefficient (Wildman–Crippen LogP) is -0.0516. The van der Waals surface area contributed by atoms with Gasteiger partial charge in [0.25, 0.3) is 0 Å². The third-order valence-corrected chi connectivity index (χ3v) is 2.49. The molecular weight excluding hydrogens is 160 g/mol. The Bertz CT molecular complexity index is 90.5. The summed E-state index contributed by atoms with van der Waals surface area (Å²) in [6, 6.07) is 0. The van der Waals surface area contributed by atoms with E-state index in [0.29, 0.717) is 5.75 Å². The number of nitrogens with zero attached hydrogens (tertiary/aromatic N) is 1. The Morgan fingerprint density at radius 1 is 1.64 bits per heavy atom. The normalized spacial score (nSPS) is 13.9. The van der Waals surface area contributed by atoms with Crippen LogP contribution in [-0.2, 0) is 0 Å². The van der Waals surface area contributed by atoms with E-state index in [9.17, 15) is 0 Å². The first-order valence-corrected chi connectivity index (χ1v) is 5.02. The maximum atomic E-state index is 8.72. The summed E-state index contributed by atoms with van der Waals surface area (Å²) in [6.45, 7) is 4.27. The SMILES string of the molecule is CCN(C)CCSCC(N)O. The second kappa shape index (κ2) is 6.91. The van der Waals surface area contributed by atoms with Crippen LogP contribution in [0.1, 0.15) is 6.92 Å². The largest absolute Gasteiger partial charge is 0.378 e.